The molecule has 0 bridgehead atoms. The molecule has 170 valence electrons. The van der Waals surface area contributed by atoms with E-state index in [1.807, 2.05) is 12.4 Å². The molecule has 1 atom stereocenters. The van der Waals surface area contributed by atoms with Crippen molar-refractivity contribution in [1.82, 2.24) is 29.5 Å². The highest BCUT2D eigenvalue weighted by atomic mass is 16.5. The van der Waals surface area contributed by atoms with Gasteiger partial charge in [0.2, 0.25) is 0 Å². The van der Waals surface area contributed by atoms with Crippen molar-refractivity contribution in [2.75, 3.05) is 40.0 Å². The molecule has 4 heterocycles. The van der Waals surface area contributed by atoms with E-state index in [0.29, 0.717) is 25.4 Å². The molecule has 9 nitrogen and oxygen atoms in total. The molecule has 0 unspecified atom stereocenters. The van der Waals surface area contributed by atoms with Gasteiger partial charge in [0.25, 0.3) is 5.91 Å². The minimum atomic E-state index is -0.111. The largest absolute Gasteiger partial charge is 0.383 e. The summed E-state index contributed by atoms with van der Waals surface area (Å²) >= 11 is 0. The molecule has 2 saturated heterocycles. The third kappa shape index (κ3) is 5.34. The normalized spacial score (nSPS) is 21.4. The average molecular weight is 431 g/mol. The van der Waals surface area contributed by atoms with E-state index in [0.717, 1.165) is 57.7 Å². The number of nitrogens with one attached hydrogen (secondary N) is 1. The number of carbonyl (C=O) groups is 1. The third-order valence-corrected chi connectivity index (χ3v) is 6.77. The number of carbonyl (C=O) groups excluding carboxylic acids is 1. The zero-order valence-corrected chi connectivity index (χ0v) is 18.6. The molecule has 2 fully saturated rings. The van der Waals surface area contributed by atoms with Gasteiger partial charge < -0.3 is 19.4 Å². The molecule has 1 spiro atoms. The number of hydrogen-bond acceptors (Lipinski definition) is 6. The van der Waals surface area contributed by atoms with E-state index in [1.54, 1.807) is 24.1 Å². The van der Waals surface area contributed by atoms with Crippen molar-refractivity contribution < 1.29 is 14.3 Å². The zero-order valence-electron chi connectivity index (χ0n) is 18.6. The Hall–Kier alpha value is -2.23. The van der Waals surface area contributed by atoms with Gasteiger partial charge in [-0.05, 0) is 50.3 Å². The van der Waals surface area contributed by atoms with E-state index >= 15 is 0 Å². The number of imidazole rings is 1. The molecular formula is C22H34N6O3. The summed E-state index contributed by atoms with van der Waals surface area (Å²) in [7, 11) is 3.69. The Bertz CT molecular complexity index is 845. The Balaban J connectivity index is 1.19. The molecule has 2 aromatic rings. The second kappa shape index (κ2) is 9.93. The van der Waals surface area contributed by atoms with Crippen LogP contribution >= 0.6 is 0 Å². The third-order valence-electron chi connectivity index (χ3n) is 6.77. The topological polar surface area (TPSA) is 86.4 Å². The summed E-state index contributed by atoms with van der Waals surface area (Å²) < 4.78 is 15.0. The lowest BCUT2D eigenvalue weighted by Gasteiger charge is -2.45. The van der Waals surface area contributed by atoms with Gasteiger partial charge in [-0.3, -0.25) is 14.4 Å². The Kier molecular flexibility index (Phi) is 7.04. The first kappa shape index (κ1) is 22.0. The van der Waals surface area contributed by atoms with Crippen LogP contribution in [0.3, 0.4) is 0 Å². The minimum Gasteiger partial charge on any atom is -0.383 e. The first-order valence-corrected chi connectivity index (χ1v) is 11.2. The standard InChI is InChI=1S/C22H34N6O3/c1-26-12-9-23-20(26)16-27-10-6-22(7-11-27)5-3-18(31-17-22)15-24-21(29)19-4-8-25-28(19)13-14-30-2/h4,8-9,12,18H,3,5-7,10-11,13-17H2,1-2H3,(H,24,29)/t18-/m1/s1. The maximum Gasteiger partial charge on any atom is 0.269 e. The van der Waals surface area contributed by atoms with Gasteiger partial charge >= 0.3 is 0 Å². The van der Waals surface area contributed by atoms with Gasteiger partial charge in [-0.2, -0.15) is 5.10 Å². The fraction of sp³-hybridized carbons (Fsp3) is 0.682. The molecule has 2 aliphatic rings. The fourth-order valence-electron chi connectivity index (χ4n) is 4.59. The van der Waals surface area contributed by atoms with Gasteiger partial charge in [-0.25, -0.2) is 4.98 Å². The summed E-state index contributed by atoms with van der Waals surface area (Å²) in [6.45, 7) is 5.49. The van der Waals surface area contributed by atoms with Crippen LogP contribution in [0.1, 0.15) is 42.0 Å². The Labute approximate surface area is 183 Å². The number of amides is 1. The summed E-state index contributed by atoms with van der Waals surface area (Å²) in [6, 6.07) is 1.74. The van der Waals surface area contributed by atoms with Crippen molar-refractivity contribution in [2.45, 2.75) is 44.9 Å². The molecule has 1 amide bonds. The Morgan fingerprint density at radius 3 is 2.84 bits per heavy atom. The summed E-state index contributed by atoms with van der Waals surface area (Å²) in [5, 5.41) is 7.21. The molecule has 0 aromatic carbocycles. The van der Waals surface area contributed by atoms with E-state index in [4.69, 9.17) is 9.47 Å². The van der Waals surface area contributed by atoms with Crippen LogP contribution in [0.25, 0.3) is 0 Å². The number of methoxy groups -OCH3 is 1. The van der Waals surface area contributed by atoms with Crippen LogP contribution in [0, 0.1) is 5.41 Å². The van der Waals surface area contributed by atoms with Crippen molar-refractivity contribution in [3.63, 3.8) is 0 Å². The highest BCUT2D eigenvalue weighted by Gasteiger charge is 2.39. The number of rotatable bonds is 8. The molecule has 1 N–H and O–H groups in total. The van der Waals surface area contributed by atoms with E-state index in [1.165, 1.54) is 0 Å². The fourth-order valence-corrected chi connectivity index (χ4v) is 4.59. The van der Waals surface area contributed by atoms with Crippen LogP contribution in [0.15, 0.2) is 24.7 Å². The molecule has 0 saturated carbocycles. The van der Waals surface area contributed by atoms with Gasteiger partial charge in [0.1, 0.15) is 11.5 Å². The van der Waals surface area contributed by atoms with Gasteiger partial charge in [0.05, 0.1) is 32.4 Å². The Morgan fingerprint density at radius 1 is 1.32 bits per heavy atom. The predicted octanol–water partition coefficient (Wildman–Crippen LogP) is 1.45. The summed E-state index contributed by atoms with van der Waals surface area (Å²) in [5.74, 6) is 1.01. The predicted molar refractivity (Wildman–Crippen MR) is 116 cm³/mol. The SMILES string of the molecule is COCCn1nccc1C(=O)NC[C@H]1CCC2(CCN(Cc3nccn3C)CC2)CO1. The first-order chi connectivity index (χ1) is 15.1. The molecule has 2 aromatic heterocycles. The van der Waals surface area contributed by atoms with Gasteiger partial charge in [-0.1, -0.05) is 0 Å². The monoisotopic (exact) mass is 430 g/mol. The number of aromatic nitrogens is 4. The molecule has 4 rings (SSSR count). The smallest absolute Gasteiger partial charge is 0.269 e. The second-order valence-electron chi connectivity index (χ2n) is 8.84. The summed E-state index contributed by atoms with van der Waals surface area (Å²) in [5.41, 5.74) is 0.849. The lowest BCUT2D eigenvalue weighted by atomic mass is 9.73. The Morgan fingerprint density at radius 2 is 2.16 bits per heavy atom. The number of aryl methyl sites for hydroxylation is 1. The number of nitrogens with zero attached hydrogens (tertiary/aromatic N) is 5. The van der Waals surface area contributed by atoms with Crippen molar-refractivity contribution in [2.24, 2.45) is 12.5 Å². The van der Waals surface area contributed by atoms with Crippen LogP contribution in [-0.4, -0.2) is 76.2 Å². The van der Waals surface area contributed by atoms with Crippen molar-refractivity contribution in [3.05, 3.63) is 36.2 Å². The van der Waals surface area contributed by atoms with Crippen LogP contribution in [0.4, 0.5) is 0 Å². The highest BCUT2D eigenvalue weighted by molar-refractivity contribution is 5.92. The number of likely N-dealkylation sites (tertiary alicyclic amines) is 1. The maximum atomic E-state index is 12.5. The number of piperidine rings is 1. The van der Waals surface area contributed by atoms with Gasteiger partial charge in [0.15, 0.2) is 0 Å². The van der Waals surface area contributed by atoms with Crippen molar-refractivity contribution in [1.29, 1.82) is 0 Å². The van der Waals surface area contributed by atoms with E-state index in [9.17, 15) is 4.79 Å². The summed E-state index contributed by atoms with van der Waals surface area (Å²) in [6.07, 6.45) is 10.1. The molecule has 0 radical (unpaired) electrons. The average Bonchev–Trinajstić information content (AvgIpc) is 3.42. The molecule has 31 heavy (non-hydrogen) atoms. The lowest BCUT2D eigenvalue weighted by Crippen LogP contribution is -2.47. The van der Waals surface area contributed by atoms with Crippen molar-refractivity contribution in [3.8, 4) is 0 Å². The lowest BCUT2D eigenvalue weighted by molar-refractivity contribution is -0.0846. The molecule has 0 aliphatic carbocycles. The van der Waals surface area contributed by atoms with Crippen molar-refractivity contribution >= 4 is 5.91 Å². The summed E-state index contributed by atoms with van der Waals surface area (Å²) in [4.78, 5) is 19.5. The quantitative estimate of drug-likeness (QED) is 0.682. The van der Waals surface area contributed by atoms with Crippen LogP contribution in [-0.2, 0) is 29.6 Å². The number of hydrogen-bond donors (Lipinski definition) is 1. The van der Waals surface area contributed by atoms with Crippen LogP contribution in [0.5, 0.6) is 0 Å². The van der Waals surface area contributed by atoms with Gasteiger partial charge in [0, 0.05) is 39.3 Å². The highest BCUT2D eigenvalue weighted by Crippen LogP contribution is 2.40. The first-order valence-electron chi connectivity index (χ1n) is 11.2. The molecule has 2 aliphatic heterocycles. The maximum absolute atomic E-state index is 12.5. The number of ether oxygens (including phenoxy) is 2. The van der Waals surface area contributed by atoms with Crippen LogP contribution in [0.2, 0.25) is 0 Å². The molecular weight excluding hydrogens is 396 g/mol. The van der Waals surface area contributed by atoms with Gasteiger partial charge in [-0.15, -0.1) is 0 Å². The van der Waals surface area contributed by atoms with E-state index in [-0.39, 0.29) is 17.4 Å². The minimum absolute atomic E-state index is 0.0792. The molecule has 9 heteroatoms. The zero-order chi connectivity index (χ0) is 21.7. The van der Waals surface area contributed by atoms with E-state index < -0.39 is 0 Å². The second-order valence-corrected chi connectivity index (χ2v) is 8.84. The van der Waals surface area contributed by atoms with E-state index in [2.05, 4.69) is 31.9 Å². The van der Waals surface area contributed by atoms with Crippen LogP contribution < -0.4 is 5.32 Å².